The summed E-state index contributed by atoms with van der Waals surface area (Å²) in [4.78, 5) is 28.1. The third-order valence-electron chi connectivity index (χ3n) is 2.50. The highest BCUT2D eigenvalue weighted by molar-refractivity contribution is 7.80. The van der Waals surface area contributed by atoms with Crippen LogP contribution in [0.1, 0.15) is 30.8 Å². The number of rotatable bonds is 6. The number of thiocarbonyl (C=S) groups is 1. The Balaban J connectivity index is 2.86. The zero-order valence-electron chi connectivity index (χ0n) is 11.2. The third kappa shape index (κ3) is 5.21. The lowest BCUT2D eigenvalue weighted by Crippen LogP contribution is -2.37. The van der Waals surface area contributed by atoms with Crippen LogP contribution < -0.4 is 11.3 Å². The van der Waals surface area contributed by atoms with Gasteiger partial charge < -0.3 is 15.6 Å². The summed E-state index contributed by atoms with van der Waals surface area (Å²) in [6.45, 7) is 5.10. The summed E-state index contributed by atoms with van der Waals surface area (Å²) in [7, 11) is 0. The highest BCUT2D eigenvalue weighted by Gasteiger charge is 2.17. The molecule has 0 radical (unpaired) electrons. The molecule has 5 nitrogen and oxygen atoms in total. The third-order valence-corrected chi connectivity index (χ3v) is 2.70. The summed E-state index contributed by atoms with van der Waals surface area (Å²) < 4.78 is 0. The van der Waals surface area contributed by atoms with Crippen molar-refractivity contribution < 1.29 is 4.79 Å². The maximum atomic E-state index is 12.3. The molecule has 19 heavy (non-hydrogen) atoms. The van der Waals surface area contributed by atoms with Gasteiger partial charge in [0.15, 0.2) is 0 Å². The zero-order chi connectivity index (χ0) is 14.4. The molecule has 6 heteroatoms. The minimum Gasteiger partial charge on any atom is -0.393 e. The zero-order valence-corrected chi connectivity index (χ0v) is 12.0. The van der Waals surface area contributed by atoms with Gasteiger partial charge in [-0.2, -0.15) is 0 Å². The second kappa shape index (κ2) is 7.04. The number of hydrogen-bond acceptors (Lipinski definition) is 3. The standard InChI is InChI=1S/C13H19N3O2S/c1-9(2)8-16(7-6-11(14)19)13(18)10-4-3-5-12(17)15-10/h3-5,9H,6-8H2,1-2H3,(H2,14,19)(H,15,17). The fraction of sp³-hybridized carbons (Fsp3) is 0.462. The lowest BCUT2D eigenvalue weighted by atomic mass is 10.2. The SMILES string of the molecule is CC(C)CN(CCC(N)=S)C(=O)c1cccc(=O)[nH]1. The molecular formula is C13H19N3O2S. The Hall–Kier alpha value is -1.69. The first-order chi connectivity index (χ1) is 8.90. The average molecular weight is 281 g/mol. The van der Waals surface area contributed by atoms with Gasteiger partial charge in [0.25, 0.3) is 5.91 Å². The fourth-order valence-corrected chi connectivity index (χ4v) is 1.80. The van der Waals surface area contributed by atoms with Crippen LogP contribution in [-0.4, -0.2) is 33.9 Å². The highest BCUT2D eigenvalue weighted by atomic mass is 32.1. The van der Waals surface area contributed by atoms with Crippen molar-refractivity contribution in [3.8, 4) is 0 Å². The Bertz CT molecular complexity index is 511. The first kappa shape index (κ1) is 15.4. The van der Waals surface area contributed by atoms with Crippen molar-refractivity contribution in [2.75, 3.05) is 13.1 Å². The normalized spacial score (nSPS) is 10.5. The van der Waals surface area contributed by atoms with Gasteiger partial charge in [-0.05, 0) is 12.0 Å². The van der Waals surface area contributed by atoms with E-state index in [0.717, 1.165) is 0 Å². The highest BCUT2D eigenvalue weighted by Crippen LogP contribution is 2.05. The Labute approximate surface area is 117 Å². The number of carbonyl (C=O) groups is 1. The van der Waals surface area contributed by atoms with Crippen LogP contribution in [0, 0.1) is 5.92 Å². The molecule has 104 valence electrons. The second-order valence-corrected chi connectivity index (χ2v) is 5.31. The molecule has 0 aliphatic carbocycles. The monoisotopic (exact) mass is 281 g/mol. The van der Waals surface area contributed by atoms with Crippen LogP contribution in [0.15, 0.2) is 23.0 Å². The van der Waals surface area contributed by atoms with E-state index in [9.17, 15) is 9.59 Å². The molecule has 0 saturated carbocycles. The van der Waals surface area contributed by atoms with Crippen LogP contribution in [0.4, 0.5) is 0 Å². The van der Waals surface area contributed by atoms with Gasteiger partial charge in [-0.1, -0.05) is 32.1 Å². The van der Waals surface area contributed by atoms with Crippen molar-refractivity contribution in [3.63, 3.8) is 0 Å². The molecule has 1 amide bonds. The molecule has 1 aromatic rings. The van der Waals surface area contributed by atoms with E-state index in [-0.39, 0.29) is 17.2 Å². The van der Waals surface area contributed by atoms with E-state index < -0.39 is 0 Å². The smallest absolute Gasteiger partial charge is 0.270 e. The number of aromatic amines is 1. The lowest BCUT2D eigenvalue weighted by molar-refractivity contribution is 0.0735. The van der Waals surface area contributed by atoms with Crippen molar-refractivity contribution in [1.29, 1.82) is 0 Å². The number of hydrogen-bond donors (Lipinski definition) is 2. The van der Waals surface area contributed by atoms with Crippen molar-refractivity contribution in [2.24, 2.45) is 11.7 Å². The maximum absolute atomic E-state index is 12.3. The molecule has 0 spiro atoms. The molecule has 0 saturated heterocycles. The van der Waals surface area contributed by atoms with E-state index in [0.29, 0.717) is 30.4 Å². The van der Waals surface area contributed by atoms with Crippen molar-refractivity contribution in [3.05, 3.63) is 34.2 Å². The van der Waals surface area contributed by atoms with Gasteiger partial charge in [0.05, 0.1) is 4.99 Å². The van der Waals surface area contributed by atoms with Crippen molar-refractivity contribution >= 4 is 23.1 Å². The predicted octanol–water partition coefficient (Wildman–Crippen LogP) is 1.15. The van der Waals surface area contributed by atoms with Gasteiger partial charge in [0.2, 0.25) is 5.56 Å². The number of H-pyrrole nitrogens is 1. The summed E-state index contributed by atoms with van der Waals surface area (Å²) >= 11 is 4.83. The molecule has 1 rings (SSSR count). The predicted molar refractivity (Wildman–Crippen MR) is 79.2 cm³/mol. The average Bonchev–Trinajstić information content (AvgIpc) is 2.33. The maximum Gasteiger partial charge on any atom is 0.270 e. The summed E-state index contributed by atoms with van der Waals surface area (Å²) in [6, 6.07) is 4.53. The molecule has 0 aromatic carbocycles. The molecule has 0 fully saturated rings. The van der Waals surface area contributed by atoms with Crippen LogP contribution in [-0.2, 0) is 0 Å². The van der Waals surface area contributed by atoms with E-state index >= 15 is 0 Å². The number of nitrogens with two attached hydrogens (primary N) is 1. The molecule has 0 aliphatic heterocycles. The summed E-state index contributed by atoms with van der Waals surface area (Å²) in [5.41, 5.74) is 5.47. The topological polar surface area (TPSA) is 79.2 Å². The number of nitrogens with zero attached hydrogens (tertiary/aromatic N) is 1. The van der Waals surface area contributed by atoms with Gasteiger partial charge in [-0.3, -0.25) is 9.59 Å². The number of aromatic nitrogens is 1. The lowest BCUT2D eigenvalue weighted by Gasteiger charge is -2.24. The fourth-order valence-electron chi connectivity index (χ4n) is 1.70. The quantitative estimate of drug-likeness (QED) is 0.767. The van der Waals surface area contributed by atoms with Gasteiger partial charge in [-0.25, -0.2) is 0 Å². The minimum atomic E-state index is -0.287. The Morgan fingerprint density at radius 2 is 2.16 bits per heavy atom. The number of nitrogens with one attached hydrogen (secondary N) is 1. The number of carbonyl (C=O) groups excluding carboxylic acids is 1. The number of pyridine rings is 1. The molecule has 0 atom stereocenters. The molecule has 0 unspecified atom stereocenters. The molecule has 0 aliphatic rings. The molecule has 3 N–H and O–H groups in total. The molecule has 1 aromatic heterocycles. The first-order valence-electron chi connectivity index (χ1n) is 6.17. The van der Waals surface area contributed by atoms with E-state index in [1.54, 1.807) is 17.0 Å². The number of amides is 1. The molecule has 0 bridgehead atoms. The summed E-state index contributed by atoms with van der Waals surface area (Å²) in [6.07, 6.45) is 0.477. The van der Waals surface area contributed by atoms with Gasteiger partial charge in [-0.15, -0.1) is 0 Å². The van der Waals surface area contributed by atoms with E-state index in [1.807, 2.05) is 13.8 Å². The largest absolute Gasteiger partial charge is 0.393 e. The van der Waals surface area contributed by atoms with Gasteiger partial charge in [0.1, 0.15) is 5.69 Å². The van der Waals surface area contributed by atoms with Crippen LogP contribution in [0.3, 0.4) is 0 Å². The van der Waals surface area contributed by atoms with Crippen LogP contribution in [0.2, 0.25) is 0 Å². The van der Waals surface area contributed by atoms with E-state index in [1.165, 1.54) is 6.07 Å². The second-order valence-electron chi connectivity index (χ2n) is 4.79. The molecular weight excluding hydrogens is 262 g/mol. The van der Waals surface area contributed by atoms with Crippen LogP contribution in [0.25, 0.3) is 0 Å². The Kier molecular flexibility index (Phi) is 5.69. The van der Waals surface area contributed by atoms with Crippen molar-refractivity contribution in [1.82, 2.24) is 9.88 Å². The minimum absolute atomic E-state index is 0.206. The van der Waals surface area contributed by atoms with Crippen LogP contribution in [0.5, 0.6) is 0 Å². The van der Waals surface area contributed by atoms with Gasteiger partial charge in [0, 0.05) is 25.6 Å². The summed E-state index contributed by atoms with van der Waals surface area (Å²) in [5, 5.41) is 0. The summed E-state index contributed by atoms with van der Waals surface area (Å²) in [5.74, 6) is 0.119. The first-order valence-corrected chi connectivity index (χ1v) is 6.58. The van der Waals surface area contributed by atoms with Crippen molar-refractivity contribution in [2.45, 2.75) is 20.3 Å². The van der Waals surface area contributed by atoms with E-state index in [2.05, 4.69) is 4.98 Å². The van der Waals surface area contributed by atoms with E-state index in [4.69, 9.17) is 18.0 Å². The molecule has 1 heterocycles. The van der Waals surface area contributed by atoms with Crippen LogP contribution >= 0.6 is 12.2 Å². The Morgan fingerprint density at radius 1 is 1.47 bits per heavy atom. The Morgan fingerprint density at radius 3 is 2.68 bits per heavy atom. The van der Waals surface area contributed by atoms with Gasteiger partial charge >= 0.3 is 0 Å².